The van der Waals surface area contributed by atoms with Gasteiger partial charge in [0.2, 0.25) is 6.54 Å². The van der Waals surface area contributed by atoms with Crippen LogP contribution in [0, 0.1) is 39.7 Å². The van der Waals surface area contributed by atoms with Gasteiger partial charge in [0.25, 0.3) is 0 Å². The molecule has 0 saturated carbocycles. The Balaban J connectivity index is 3.31. The molecule has 0 bridgehead atoms. The van der Waals surface area contributed by atoms with Crippen LogP contribution < -0.4 is 0 Å². The molecule has 0 aromatic heterocycles. The summed E-state index contributed by atoms with van der Waals surface area (Å²) in [7, 11) is 2.03. The van der Waals surface area contributed by atoms with Crippen molar-refractivity contribution in [1.82, 2.24) is 0 Å². The summed E-state index contributed by atoms with van der Waals surface area (Å²) in [6.45, 7) is 1.09. The van der Waals surface area contributed by atoms with Gasteiger partial charge in [0, 0.05) is 17.1 Å². The summed E-state index contributed by atoms with van der Waals surface area (Å²) in [5, 5.41) is 11.0. The number of allylic oxidation sites excluding steroid dienone is 3. The summed E-state index contributed by atoms with van der Waals surface area (Å²) in [4.78, 5) is 34.2. The van der Waals surface area contributed by atoms with Crippen molar-refractivity contribution in [2.24, 2.45) is 17.8 Å². The van der Waals surface area contributed by atoms with Crippen molar-refractivity contribution in [3.63, 3.8) is 0 Å². The van der Waals surface area contributed by atoms with Gasteiger partial charge in [-0.3, -0.25) is 19.7 Å². The maximum atomic E-state index is 14.6. The molecule has 0 aromatic carbocycles. The Morgan fingerprint density at radius 3 is 2.44 bits per heavy atom. The van der Waals surface area contributed by atoms with E-state index in [1.54, 1.807) is 6.92 Å². The second-order valence-electron chi connectivity index (χ2n) is 4.98. The number of rotatable bonds is 8. The molecule has 25 heavy (non-hydrogen) atoms. The first-order chi connectivity index (χ1) is 11.8. The molecule has 0 saturated heterocycles. The van der Waals surface area contributed by atoms with Gasteiger partial charge >= 0.3 is 11.9 Å². The molecule has 136 valence electrons. The van der Waals surface area contributed by atoms with Crippen molar-refractivity contribution in [3.05, 3.63) is 33.9 Å². The van der Waals surface area contributed by atoms with Gasteiger partial charge in [0.15, 0.2) is 5.92 Å². The maximum absolute atomic E-state index is 14.6. The Bertz CT molecular complexity index is 643. The van der Waals surface area contributed by atoms with E-state index >= 15 is 0 Å². The molecule has 1 aliphatic rings. The molecule has 0 heterocycles. The van der Waals surface area contributed by atoms with Crippen LogP contribution in [0.3, 0.4) is 0 Å². The molecule has 0 aromatic rings. The highest BCUT2D eigenvalue weighted by Crippen LogP contribution is 2.32. The monoisotopic (exact) mass is 355 g/mol. The third-order valence-corrected chi connectivity index (χ3v) is 3.47. The lowest BCUT2D eigenvalue weighted by atomic mass is 9.80. The standard InChI is InChI=1S/C16H18FNO7/c1-4-25-10-6-5-7-11(13(17)8-10)12(9-18(21)22)14(15(19)23-2)16(20)24-3/h6,8,11-12,14H,4,9H2,1-3H3. The van der Waals surface area contributed by atoms with E-state index in [2.05, 4.69) is 21.3 Å². The quantitative estimate of drug-likeness (QED) is 0.212. The summed E-state index contributed by atoms with van der Waals surface area (Å²) in [5.41, 5.74) is 0. The number of halogens is 1. The zero-order chi connectivity index (χ0) is 19.0. The Hall–Kier alpha value is -2.89. The number of nitro groups is 1. The second-order valence-corrected chi connectivity index (χ2v) is 4.98. The van der Waals surface area contributed by atoms with Crippen molar-refractivity contribution in [1.29, 1.82) is 0 Å². The fraction of sp³-hybridized carbons (Fsp3) is 0.500. The van der Waals surface area contributed by atoms with Crippen LogP contribution in [0.1, 0.15) is 6.92 Å². The first-order valence-corrected chi connectivity index (χ1v) is 7.34. The van der Waals surface area contributed by atoms with Crippen molar-refractivity contribution in [3.8, 4) is 11.8 Å². The van der Waals surface area contributed by atoms with Crippen molar-refractivity contribution in [2.75, 3.05) is 27.4 Å². The highest BCUT2D eigenvalue weighted by Gasteiger charge is 2.45. The molecule has 0 aliphatic heterocycles. The van der Waals surface area contributed by atoms with E-state index in [-0.39, 0.29) is 12.4 Å². The van der Waals surface area contributed by atoms with Gasteiger partial charge in [-0.25, -0.2) is 4.39 Å². The summed E-state index contributed by atoms with van der Waals surface area (Å²) < 4.78 is 28.8. The van der Waals surface area contributed by atoms with E-state index in [0.717, 1.165) is 20.3 Å². The van der Waals surface area contributed by atoms with Crippen LogP contribution in [-0.2, 0) is 23.8 Å². The number of hydrogen-bond donors (Lipinski definition) is 0. The molecule has 2 unspecified atom stereocenters. The minimum atomic E-state index is -1.69. The van der Waals surface area contributed by atoms with E-state index in [1.165, 1.54) is 6.08 Å². The van der Waals surface area contributed by atoms with Gasteiger partial charge in [0.1, 0.15) is 11.6 Å². The highest BCUT2D eigenvalue weighted by atomic mass is 19.1. The van der Waals surface area contributed by atoms with Gasteiger partial charge in [-0.05, 0) is 6.92 Å². The predicted octanol–water partition coefficient (Wildman–Crippen LogP) is 1.25. The minimum absolute atomic E-state index is 0.141. The van der Waals surface area contributed by atoms with E-state index in [0.29, 0.717) is 0 Å². The van der Waals surface area contributed by atoms with Crippen LogP contribution >= 0.6 is 0 Å². The molecule has 1 rings (SSSR count). The average molecular weight is 355 g/mol. The van der Waals surface area contributed by atoms with Crippen molar-refractivity contribution >= 4 is 11.9 Å². The average Bonchev–Trinajstić information content (AvgIpc) is 2.74. The van der Waals surface area contributed by atoms with Gasteiger partial charge in [0.05, 0.1) is 32.7 Å². The molecule has 8 nitrogen and oxygen atoms in total. The highest BCUT2D eigenvalue weighted by molar-refractivity contribution is 5.95. The molecule has 0 amide bonds. The molecular formula is C16H18FNO7. The van der Waals surface area contributed by atoms with E-state index in [4.69, 9.17) is 4.74 Å². The third-order valence-electron chi connectivity index (χ3n) is 3.47. The number of methoxy groups -OCH3 is 2. The summed E-state index contributed by atoms with van der Waals surface area (Å²) >= 11 is 0. The lowest BCUT2D eigenvalue weighted by Crippen LogP contribution is -2.40. The first kappa shape index (κ1) is 20.2. The fourth-order valence-electron chi connectivity index (χ4n) is 2.38. The Morgan fingerprint density at radius 1 is 1.36 bits per heavy atom. The first-order valence-electron chi connectivity index (χ1n) is 7.34. The van der Waals surface area contributed by atoms with E-state index in [9.17, 15) is 24.1 Å². The molecule has 0 radical (unpaired) electrons. The number of hydrogen-bond acceptors (Lipinski definition) is 7. The van der Waals surface area contributed by atoms with Gasteiger partial charge in [-0.2, -0.15) is 0 Å². The number of esters is 2. The van der Waals surface area contributed by atoms with Crippen molar-refractivity contribution < 1.29 is 33.1 Å². The summed E-state index contributed by atoms with van der Waals surface area (Å²) in [6, 6.07) is 0. The fourth-order valence-corrected chi connectivity index (χ4v) is 2.38. The number of carbonyl (C=O) groups is 2. The number of carbonyl (C=O) groups excluding carboxylic acids is 2. The minimum Gasteiger partial charge on any atom is -0.493 e. The summed E-state index contributed by atoms with van der Waals surface area (Å²) in [5.74, 6) is -2.28. The third kappa shape index (κ3) is 5.31. The SMILES string of the molecule is CCOC1=CC#CC(C(C[N+](=O)[O-])C(C(=O)OC)C(=O)OC)C(F)=C1. The zero-order valence-electron chi connectivity index (χ0n) is 14.0. The van der Waals surface area contributed by atoms with Crippen LogP contribution in [0.15, 0.2) is 23.7 Å². The van der Waals surface area contributed by atoms with E-state index < -0.39 is 47.0 Å². The smallest absolute Gasteiger partial charge is 0.320 e. The lowest BCUT2D eigenvalue weighted by molar-refractivity contribution is -0.490. The van der Waals surface area contributed by atoms with Crippen LogP contribution in [0.25, 0.3) is 0 Å². The Labute approximate surface area is 143 Å². The van der Waals surface area contributed by atoms with Gasteiger partial charge in [-0.1, -0.05) is 11.8 Å². The maximum Gasteiger partial charge on any atom is 0.320 e. The Morgan fingerprint density at radius 2 is 1.96 bits per heavy atom. The zero-order valence-corrected chi connectivity index (χ0v) is 14.0. The topological polar surface area (TPSA) is 105 Å². The molecule has 2 atom stereocenters. The van der Waals surface area contributed by atoms with E-state index in [1.807, 2.05) is 0 Å². The molecule has 9 heteroatoms. The lowest BCUT2D eigenvalue weighted by Gasteiger charge is -2.24. The van der Waals surface area contributed by atoms with Gasteiger partial charge < -0.3 is 14.2 Å². The Kier molecular flexibility index (Phi) is 7.59. The predicted molar refractivity (Wildman–Crippen MR) is 83.0 cm³/mol. The van der Waals surface area contributed by atoms with Crippen LogP contribution in [-0.4, -0.2) is 44.2 Å². The van der Waals surface area contributed by atoms with Crippen LogP contribution in [0.4, 0.5) is 4.39 Å². The normalized spacial score (nSPS) is 17.2. The molecule has 1 aliphatic carbocycles. The largest absolute Gasteiger partial charge is 0.493 e. The molecular weight excluding hydrogens is 337 g/mol. The van der Waals surface area contributed by atoms with Crippen LogP contribution in [0.2, 0.25) is 0 Å². The van der Waals surface area contributed by atoms with Crippen LogP contribution in [0.5, 0.6) is 0 Å². The molecule has 0 spiro atoms. The molecule has 0 fully saturated rings. The second kappa shape index (κ2) is 9.42. The van der Waals surface area contributed by atoms with Crippen molar-refractivity contribution in [2.45, 2.75) is 6.92 Å². The number of ether oxygens (including phenoxy) is 3. The van der Waals surface area contributed by atoms with Gasteiger partial charge in [-0.15, -0.1) is 0 Å². The summed E-state index contributed by atoms with van der Waals surface area (Å²) in [6.07, 6.45) is 2.32. The number of nitrogens with zero attached hydrogens (tertiary/aromatic N) is 1. The molecule has 0 N–H and O–H groups in total.